The monoisotopic (exact) mass is 365 g/mol. The van der Waals surface area contributed by atoms with E-state index in [1.54, 1.807) is 31.2 Å². The van der Waals surface area contributed by atoms with Gasteiger partial charge in [-0.2, -0.15) is 0 Å². The van der Waals surface area contributed by atoms with Crippen LogP contribution in [-0.4, -0.2) is 25.1 Å². The molecular formula is C17H16ClNO4S. The van der Waals surface area contributed by atoms with Crippen molar-refractivity contribution in [1.82, 2.24) is 0 Å². The zero-order valence-electron chi connectivity index (χ0n) is 13.1. The van der Waals surface area contributed by atoms with Crippen LogP contribution in [0.2, 0.25) is 5.02 Å². The van der Waals surface area contributed by atoms with Crippen LogP contribution in [0.1, 0.15) is 38.1 Å². The largest absolute Gasteiger partial charge is 0.462 e. The Morgan fingerprint density at radius 3 is 3.00 bits per heavy atom. The molecule has 1 aliphatic heterocycles. The lowest BCUT2D eigenvalue weighted by Crippen LogP contribution is -2.16. The Kier molecular flexibility index (Phi) is 5.18. The SMILES string of the molecule is CCOC(=O)c1c(NC(=O)c2cccc(Cl)c2)sc2c1CCOC2. The Labute approximate surface area is 148 Å². The van der Waals surface area contributed by atoms with Gasteiger partial charge in [-0.25, -0.2) is 4.79 Å². The van der Waals surface area contributed by atoms with Crippen LogP contribution in [0, 0.1) is 0 Å². The number of fused-ring (bicyclic) bond motifs is 1. The van der Waals surface area contributed by atoms with E-state index < -0.39 is 5.97 Å². The lowest BCUT2D eigenvalue weighted by Gasteiger charge is -2.13. The molecule has 2 heterocycles. The Morgan fingerprint density at radius 2 is 2.25 bits per heavy atom. The third kappa shape index (κ3) is 3.45. The molecule has 1 amide bonds. The summed E-state index contributed by atoms with van der Waals surface area (Å²) in [5.74, 6) is -0.735. The molecule has 126 valence electrons. The number of hydrogen-bond donors (Lipinski definition) is 1. The first-order valence-electron chi connectivity index (χ1n) is 7.56. The molecule has 3 rings (SSSR count). The maximum absolute atomic E-state index is 12.5. The summed E-state index contributed by atoms with van der Waals surface area (Å²) in [7, 11) is 0. The topological polar surface area (TPSA) is 64.6 Å². The molecule has 2 aromatic rings. The Balaban J connectivity index is 1.93. The van der Waals surface area contributed by atoms with E-state index in [0.717, 1.165) is 10.4 Å². The molecule has 1 aromatic carbocycles. The molecule has 0 spiro atoms. The van der Waals surface area contributed by atoms with Gasteiger partial charge in [-0.05, 0) is 37.1 Å². The van der Waals surface area contributed by atoms with E-state index in [2.05, 4.69) is 5.32 Å². The van der Waals surface area contributed by atoms with Crippen LogP contribution >= 0.6 is 22.9 Å². The number of carbonyl (C=O) groups is 2. The first-order valence-corrected chi connectivity index (χ1v) is 8.76. The maximum Gasteiger partial charge on any atom is 0.341 e. The molecule has 0 aliphatic carbocycles. The highest BCUT2D eigenvalue weighted by Gasteiger charge is 2.27. The number of ether oxygens (including phenoxy) is 2. The van der Waals surface area contributed by atoms with Crippen LogP contribution in [0.25, 0.3) is 0 Å². The van der Waals surface area contributed by atoms with Gasteiger partial charge in [0.15, 0.2) is 0 Å². The summed E-state index contributed by atoms with van der Waals surface area (Å²) in [6, 6.07) is 6.65. The number of hydrogen-bond acceptors (Lipinski definition) is 5. The Morgan fingerprint density at radius 1 is 1.42 bits per heavy atom. The highest BCUT2D eigenvalue weighted by Crippen LogP contribution is 2.37. The van der Waals surface area contributed by atoms with Crippen LogP contribution in [0.4, 0.5) is 5.00 Å². The Hall–Kier alpha value is -1.89. The van der Waals surface area contributed by atoms with Crippen LogP contribution in [0.5, 0.6) is 0 Å². The van der Waals surface area contributed by atoms with Gasteiger partial charge >= 0.3 is 5.97 Å². The van der Waals surface area contributed by atoms with Crippen molar-refractivity contribution < 1.29 is 19.1 Å². The fourth-order valence-corrected chi connectivity index (χ4v) is 3.90. The summed E-state index contributed by atoms with van der Waals surface area (Å²) in [6.45, 7) is 3.03. The van der Waals surface area contributed by atoms with E-state index in [-0.39, 0.29) is 12.5 Å². The van der Waals surface area contributed by atoms with Crippen molar-refractivity contribution in [2.45, 2.75) is 20.0 Å². The number of rotatable bonds is 4. The number of carbonyl (C=O) groups excluding carboxylic acids is 2. The number of amides is 1. The third-order valence-corrected chi connectivity index (χ3v) is 4.97. The van der Waals surface area contributed by atoms with Crippen molar-refractivity contribution in [3.05, 3.63) is 50.9 Å². The zero-order chi connectivity index (χ0) is 17.1. The first kappa shape index (κ1) is 17.0. The number of halogens is 1. The van der Waals surface area contributed by atoms with Crippen molar-refractivity contribution in [2.24, 2.45) is 0 Å². The average Bonchev–Trinajstić information content (AvgIpc) is 2.93. The molecule has 1 aliphatic rings. The van der Waals surface area contributed by atoms with Crippen molar-refractivity contribution in [3.8, 4) is 0 Å². The second kappa shape index (κ2) is 7.34. The highest BCUT2D eigenvalue weighted by atomic mass is 35.5. The first-order chi connectivity index (χ1) is 11.6. The molecule has 1 aromatic heterocycles. The molecular weight excluding hydrogens is 350 g/mol. The summed E-state index contributed by atoms with van der Waals surface area (Å²) < 4.78 is 10.6. The van der Waals surface area contributed by atoms with Crippen molar-refractivity contribution >= 4 is 39.8 Å². The van der Waals surface area contributed by atoms with E-state index in [4.69, 9.17) is 21.1 Å². The van der Waals surface area contributed by atoms with Gasteiger partial charge in [0.1, 0.15) is 5.00 Å². The van der Waals surface area contributed by atoms with E-state index in [0.29, 0.717) is 40.8 Å². The van der Waals surface area contributed by atoms with E-state index in [9.17, 15) is 9.59 Å². The number of anilines is 1. The number of benzene rings is 1. The summed E-state index contributed by atoms with van der Waals surface area (Å²) in [6.07, 6.45) is 0.632. The third-order valence-electron chi connectivity index (χ3n) is 3.61. The van der Waals surface area contributed by atoms with Gasteiger partial charge in [-0.1, -0.05) is 17.7 Å². The van der Waals surface area contributed by atoms with Crippen molar-refractivity contribution in [2.75, 3.05) is 18.5 Å². The maximum atomic E-state index is 12.5. The number of esters is 1. The number of nitrogens with one attached hydrogen (secondary N) is 1. The predicted octanol–water partition coefficient (Wildman–Crippen LogP) is 3.90. The summed E-state index contributed by atoms with van der Waals surface area (Å²) in [5, 5.41) is 3.79. The molecule has 0 fully saturated rings. The minimum Gasteiger partial charge on any atom is -0.462 e. The summed E-state index contributed by atoms with van der Waals surface area (Å²) >= 11 is 7.28. The zero-order valence-corrected chi connectivity index (χ0v) is 14.6. The van der Waals surface area contributed by atoms with Crippen LogP contribution in [0.15, 0.2) is 24.3 Å². The fourth-order valence-electron chi connectivity index (χ4n) is 2.54. The lowest BCUT2D eigenvalue weighted by molar-refractivity contribution is 0.0524. The van der Waals surface area contributed by atoms with E-state index in [1.807, 2.05) is 0 Å². The summed E-state index contributed by atoms with van der Waals surface area (Å²) in [5.41, 5.74) is 1.78. The van der Waals surface area contributed by atoms with Gasteiger partial charge in [0.25, 0.3) is 5.91 Å². The molecule has 7 heteroatoms. The quantitative estimate of drug-likeness (QED) is 0.834. The van der Waals surface area contributed by atoms with Crippen LogP contribution < -0.4 is 5.32 Å². The molecule has 24 heavy (non-hydrogen) atoms. The van der Waals surface area contributed by atoms with Crippen LogP contribution in [-0.2, 0) is 22.5 Å². The van der Waals surface area contributed by atoms with Crippen molar-refractivity contribution in [1.29, 1.82) is 0 Å². The normalized spacial score (nSPS) is 13.2. The van der Waals surface area contributed by atoms with E-state index >= 15 is 0 Å². The highest BCUT2D eigenvalue weighted by molar-refractivity contribution is 7.17. The minimum absolute atomic E-state index is 0.279. The van der Waals surface area contributed by atoms with Gasteiger partial charge in [0, 0.05) is 15.5 Å². The Bertz CT molecular complexity index is 787. The predicted molar refractivity (Wildman–Crippen MR) is 93.0 cm³/mol. The second-order valence-electron chi connectivity index (χ2n) is 5.20. The standard InChI is InChI=1S/C17H16ClNO4S/c1-2-23-17(21)14-12-6-7-22-9-13(12)24-16(14)19-15(20)10-4-3-5-11(18)8-10/h3-5,8H,2,6-7,9H2,1H3,(H,19,20). The minimum atomic E-state index is -0.418. The van der Waals surface area contributed by atoms with Crippen LogP contribution in [0.3, 0.4) is 0 Å². The van der Waals surface area contributed by atoms with Gasteiger partial charge in [0.2, 0.25) is 0 Å². The molecule has 0 saturated carbocycles. The van der Waals surface area contributed by atoms with Gasteiger partial charge in [-0.3, -0.25) is 4.79 Å². The molecule has 0 atom stereocenters. The lowest BCUT2D eigenvalue weighted by atomic mass is 10.1. The van der Waals surface area contributed by atoms with Gasteiger partial charge < -0.3 is 14.8 Å². The molecule has 1 N–H and O–H groups in total. The number of thiophene rings is 1. The smallest absolute Gasteiger partial charge is 0.341 e. The van der Waals surface area contributed by atoms with E-state index in [1.165, 1.54) is 11.3 Å². The van der Waals surface area contributed by atoms with Gasteiger partial charge in [-0.15, -0.1) is 11.3 Å². The molecule has 0 saturated heterocycles. The fraction of sp³-hybridized carbons (Fsp3) is 0.294. The molecule has 0 bridgehead atoms. The second-order valence-corrected chi connectivity index (χ2v) is 6.74. The average molecular weight is 366 g/mol. The van der Waals surface area contributed by atoms with Crippen molar-refractivity contribution in [3.63, 3.8) is 0 Å². The summed E-state index contributed by atoms with van der Waals surface area (Å²) in [4.78, 5) is 25.8. The molecule has 0 unspecified atom stereocenters. The molecule has 5 nitrogen and oxygen atoms in total. The van der Waals surface area contributed by atoms with Gasteiger partial charge in [0.05, 0.1) is 25.4 Å². The molecule has 0 radical (unpaired) electrons.